The van der Waals surface area contributed by atoms with Gasteiger partial charge in [0.1, 0.15) is 17.7 Å². The van der Waals surface area contributed by atoms with Gasteiger partial charge in [-0.25, -0.2) is 9.97 Å². The van der Waals surface area contributed by atoms with Crippen LogP contribution in [0.25, 0.3) is 11.3 Å². The van der Waals surface area contributed by atoms with Crippen molar-refractivity contribution in [1.29, 1.82) is 0 Å². The minimum Gasteiger partial charge on any atom is -0.381 e. The van der Waals surface area contributed by atoms with Crippen LogP contribution in [0.1, 0.15) is 50.4 Å². The number of halogens is 1. The highest BCUT2D eigenvalue weighted by Gasteiger charge is 2.21. The van der Waals surface area contributed by atoms with E-state index in [1.807, 2.05) is 6.07 Å². The van der Waals surface area contributed by atoms with Crippen molar-refractivity contribution >= 4 is 23.2 Å². The molecule has 0 spiro atoms. The van der Waals surface area contributed by atoms with Gasteiger partial charge in [-0.15, -0.1) is 0 Å². The molecule has 2 aromatic rings. The zero-order valence-corrected chi connectivity index (χ0v) is 18.9. The van der Waals surface area contributed by atoms with Crippen molar-refractivity contribution in [3.8, 4) is 11.3 Å². The van der Waals surface area contributed by atoms with Gasteiger partial charge >= 0.3 is 0 Å². The van der Waals surface area contributed by atoms with E-state index in [2.05, 4.69) is 20.6 Å². The van der Waals surface area contributed by atoms with E-state index in [0.29, 0.717) is 46.8 Å². The second-order valence-electron chi connectivity index (χ2n) is 8.68. The average Bonchev–Trinajstić information content (AvgIpc) is 2.81. The lowest BCUT2D eigenvalue weighted by Gasteiger charge is -2.27. The summed E-state index contributed by atoms with van der Waals surface area (Å²) in [6, 6.07) is 2.52. The second-order valence-corrected chi connectivity index (χ2v) is 9.08. The Kier molecular flexibility index (Phi) is 7.75. The number of nitrogens with zero attached hydrogens (tertiary/aromatic N) is 3. The Bertz CT molecular complexity index is 900. The van der Waals surface area contributed by atoms with Crippen molar-refractivity contribution in [2.45, 2.75) is 56.8 Å². The number of aliphatic hydroxyl groups excluding tert-OH is 1. The Morgan fingerprint density at radius 3 is 2.59 bits per heavy atom. The minimum atomic E-state index is -1.23. The summed E-state index contributed by atoms with van der Waals surface area (Å²) in [5.41, 5.74) is 13.3. The number of hydrogen-bond acceptors (Lipinski definition) is 9. The molecule has 2 aromatic heterocycles. The van der Waals surface area contributed by atoms with E-state index < -0.39 is 6.23 Å². The Morgan fingerprint density at radius 1 is 1.12 bits per heavy atom. The fourth-order valence-corrected chi connectivity index (χ4v) is 4.45. The molecule has 1 unspecified atom stereocenters. The summed E-state index contributed by atoms with van der Waals surface area (Å²) < 4.78 is 5.43. The van der Waals surface area contributed by atoms with Crippen molar-refractivity contribution in [1.82, 2.24) is 15.0 Å². The van der Waals surface area contributed by atoms with Gasteiger partial charge in [0, 0.05) is 43.6 Å². The fraction of sp³-hybridized carbons (Fsp3) is 0.591. The van der Waals surface area contributed by atoms with E-state index in [4.69, 9.17) is 32.8 Å². The first kappa shape index (κ1) is 23.1. The first-order valence-corrected chi connectivity index (χ1v) is 11.7. The zero-order valence-electron chi connectivity index (χ0n) is 18.1. The number of ether oxygens (including phenoxy) is 1. The van der Waals surface area contributed by atoms with Gasteiger partial charge in [-0.2, -0.15) is 0 Å². The zero-order chi connectivity index (χ0) is 22.5. The highest BCUT2D eigenvalue weighted by atomic mass is 35.5. The molecule has 1 saturated carbocycles. The molecular formula is C22H32ClN7O2. The lowest BCUT2D eigenvalue weighted by atomic mass is 9.92. The molecule has 1 aliphatic carbocycles. The molecule has 0 bridgehead atoms. The van der Waals surface area contributed by atoms with Crippen LogP contribution < -0.4 is 22.1 Å². The fourth-order valence-electron chi connectivity index (χ4n) is 4.25. The third kappa shape index (κ3) is 5.85. The number of nitrogens with two attached hydrogens (primary N) is 2. The quantitative estimate of drug-likeness (QED) is 0.393. The van der Waals surface area contributed by atoms with Crippen LogP contribution in [0.3, 0.4) is 0 Å². The highest BCUT2D eigenvalue weighted by molar-refractivity contribution is 6.33. The van der Waals surface area contributed by atoms with Crippen LogP contribution in [-0.4, -0.2) is 51.9 Å². The summed E-state index contributed by atoms with van der Waals surface area (Å²) in [4.78, 5) is 13.5. The Labute approximate surface area is 193 Å². The predicted molar refractivity (Wildman–Crippen MR) is 125 cm³/mol. The van der Waals surface area contributed by atoms with E-state index in [-0.39, 0.29) is 0 Å². The van der Waals surface area contributed by atoms with Gasteiger partial charge in [0.15, 0.2) is 5.82 Å². The van der Waals surface area contributed by atoms with Crippen molar-refractivity contribution in [2.24, 2.45) is 17.4 Å². The minimum absolute atomic E-state index is 0.292. The molecule has 9 nitrogen and oxygen atoms in total. The third-order valence-electron chi connectivity index (χ3n) is 6.24. The van der Waals surface area contributed by atoms with Gasteiger partial charge < -0.3 is 31.9 Å². The molecule has 174 valence electrons. The molecule has 7 N–H and O–H groups in total. The topological polar surface area (TPSA) is 144 Å². The van der Waals surface area contributed by atoms with Crippen molar-refractivity contribution in [2.75, 3.05) is 30.4 Å². The molecule has 3 heterocycles. The molecule has 0 radical (unpaired) electrons. The highest BCUT2D eigenvalue weighted by Crippen LogP contribution is 2.31. The van der Waals surface area contributed by atoms with Crippen LogP contribution in [0.4, 0.5) is 11.6 Å². The van der Waals surface area contributed by atoms with Crippen molar-refractivity contribution in [3.63, 3.8) is 0 Å². The lowest BCUT2D eigenvalue weighted by molar-refractivity contribution is 0.0699. The van der Waals surface area contributed by atoms with Gasteiger partial charge in [-0.1, -0.05) is 11.6 Å². The number of aliphatic hydroxyl groups is 1. The third-order valence-corrected chi connectivity index (χ3v) is 6.54. The molecule has 10 heteroatoms. The van der Waals surface area contributed by atoms with Gasteiger partial charge in [0.05, 0.1) is 16.9 Å². The molecule has 1 aliphatic heterocycles. The van der Waals surface area contributed by atoms with Crippen LogP contribution >= 0.6 is 11.6 Å². The van der Waals surface area contributed by atoms with Gasteiger partial charge in [0.25, 0.3) is 0 Å². The first-order chi connectivity index (χ1) is 15.5. The normalized spacial score (nSPS) is 23.0. The molecule has 2 aliphatic rings. The van der Waals surface area contributed by atoms with Crippen molar-refractivity contribution in [3.05, 3.63) is 29.2 Å². The second kappa shape index (κ2) is 10.7. The summed E-state index contributed by atoms with van der Waals surface area (Å²) in [5.74, 6) is 1.68. The van der Waals surface area contributed by atoms with Crippen LogP contribution in [-0.2, 0) is 4.74 Å². The predicted octanol–water partition coefficient (Wildman–Crippen LogP) is 2.66. The number of aromatic nitrogens is 3. The van der Waals surface area contributed by atoms with Crippen molar-refractivity contribution < 1.29 is 9.84 Å². The Balaban J connectivity index is 1.53. The smallest absolute Gasteiger partial charge is 0.152 e. The van der Waals surface area contributed by atoms with E-state index in [1.54, 1.807) is 12.4 Å². The number of nitrogens with one attached hydrogen (secondary N) is 2. The molecule has 1 saturated heterocycles. The van der Waals surface area contributed by atoms with Crippen LogP contribution in [0.5, 0.6) is 0 Å². The lowest BCUT2D eigenvalue weighted by Crippen LogP contribution is -2.33. The van der Waals surface area contributed by atoms with E-state index >= 15 is 0 Å². The summed E-state index contributed by atoms with van der Waals surface area (Å²) >= 11 is 6.46. The van der Waals surface area contributed by atoms with E-state index in [0.717, 1.165) is 63.1 Å². The molecule has 4 rings (SSSR count). The van der Waals surface area contributed by atoms with E-state index in [9.17, 15) is 5.11 Å². The number of rotatable bonds is 7. The molecular weight excluding hydrogens is 430 g/mol. The van der Waals surface area contributed by atoms with Crippen LogP contribution in [0.2, 0.25) is 5.02 Å². The molecule has 0 aromatic carbocycles. The summed E-state index contributed by atoms with van der Waals surface area (Å²) in [5, 5.41) is 17.3. The van der Waals surface area contributed by atoms with Gasteiger partial charge in [-0.3, -0.25) is 4.98 Å². The van der Waals surface area contributed by atoms with Crippen LogP contribution in [0, 0.1) is 5.92 Å². The standard InChI is InChI=1S/C22H32ClN7O2/c23-17-11-26-19(29-15-3-1-14(24)2-4-15)9-16(17)18-12-27-20(21(25)31)22(30-18)28-10-13-5-7-32-8-6-13/h9,11-15,21,31H,1-8,10,24-25H2,(H,26,29)(H,28,30). The number of pyridine rings is 1. The average molecular weight is 462 g/mol. The van der Waals surface area contributed by atoms with Gasteiger partial charge in [0.2, 0.25) is 0 Å². The SMILES string of the molecule is NC1CCC(Nc2cc(-c3cnc(C(N)O)c(NCC4CCOCC4)n3)c(Cl)cn2)CC1. The Morgan fingerprint density at radius 2 is 1.88 bits per heavy atom. The number of anilines is 2. The summed E-state index contributed by atoms with van der Waals surface area (Å²) in [7, 11) is 0. The molecule has 32 heavy (non-hydrogen) atoms. The monoisotopic (exact) mass is 461 g/mol. The maximum absolute atomic E-state index is 9.96. The Hall–Kier alpha value is -2.04. The number of hydrogen-bond donors (Lipinski definition) is 5. The van der Waals surface area contributed by atoms with Gasteiger partial charge in [-0.05, 0) is 50.5 Å². The van der Waals surface area contributed by atoms with E-state index in [1.165, 1.54) is 0 Å². The molecule has 2 fully saturated rings. The molecule has 1 atom stereocenters. The summed E-state index contributed by atoms with van der Waals surface area (Å²) in [6.07, 6.45) is 8.00. The van der Waals surface area contributed by atoms with Crippen LogP contribution in [0.15, 0.2) is 18.5 Å². The largest absolute Gasteiger partial charge is 0.381 e. The maximum atomic E-state index is 9.96. The first-order valence-electron chi connectivity index (χ1n) is 11.3. The summed E-state index contributed by atoms with van der Waals surface area (Å²) in [6.45, 7) is 2.24. The molecule has 0 amide bonds. The maximum Gasteiger partial charge on any atom is 0.152 e.